The molecular formula is C13H22BrN3O2. The molecule has 0 bridgehead atoms. The predicted octanol–water partition coefficient (Wildman–Crippen LogP) is 2.17. The van der Waals surface area contributed by atoms with Crippen LogP contribution in [0.25, 0.3) is 0 Å². The maximum Gasteiger partial charge on any atom is 0.322 e. The number of halogens is 1. The molecule has 5 nitrogen and oxygen atoms in total. The molecule has 0 amide bonds. The number of methoxy groups -OCH3 is 1. The second-order valence-electron chi connectivity index (χ2n) is 5.06. The lowest BCUT2D eigenvalue weighted by Gasteiger charge is -2.18. The number of carbonyl (C=O) groups is 1. The second-order valence-corrected chi connectivity index (χ2v) is 5.85. The fourth-order valence-electron chi connectivity index (χ4n) is 1.97. The number of nitrogens with one attached hydrogen (secondary N) is 1. The maximum atomic E-state index is 11.7. The van der Waals surface area contributed by atoms with Gasteiger partial charge in [-0.3, -0.25) is 14.8 Å². The average molecular weight is 332 g/mol. The molecule has 19 heavy (non-hydrogen) atoms. The molecule has 0 aromatic carbocycles. The highest BCUT2D eigenvalue weighted by molar-refractivity contribution is 9.10. The highest BCUT2D eigenvalue weighted by Crippen LogP contribution is 2.20. The molecule has 1 unspecified atom stereocenters. The van der Waals surface area contributed by atoms with Crippen molar-refractivity contribution in [2.75, 3.05) is 7.11 Å². The van der Waals surface area contributed by atoms with Gasteiger partial charge in [0, 0.05) is 13.6 Å². The SMILES string of the molecule is COC(=O)C(CC(C)C)NCc1c(Br)c(C)nn1C. The van der Waals surface area contributed by atoms with E-state index in [1.807, 2.05) is 18.7 Å². The molecule has 0 aliphatic carbocycles. The molecule has 108 valence electrons. The molecule has 1 aromatic heterocycles. The molecule has 1 N–H and O–H groups in total. The summed E-state index contributed by atoms with van der Waals surface area (Å²) in [5, 5.41) is 7.58. The van der Waals surface area contributed by atoms with E-state index in [9.17, 15) is 4.79 Å². The first-order chi connectivity index (χ1) is 8.86. The van der Waals surface area contributed by atoms with Crippen LogP contribution in [0.2, 0.25) is 0 Å². The Balaban J connectivity index is 2.73. The van der Waals surface area contributed by atoms with Gasteiger partial charge in [0.2, 0.25) is 0 Å². The number of rotatable bonds is 6. The van der Waals surface area contributed by atoms with Crippen LogP contribution in [0.5, 0.6) is 0 Å². The number of carbonyl (C=O) groups excluding carboxylic acids is 1. The van der Waals surface area contributed by atoms with Gasteiger partial charge in [-0.25, -0.2) is 0 Å². The van der Waals surface area contributed by atoms with Crippen molar-refractivity contribution in [1.82, 2.24) is 15.1 Å². The van der Waals surface area contributed by atoms with E-state index in [0.717, 1.165) is 22.3 Å². The molecule has 1 atom stereocenters. The van der Waals surface area contributed by atoms with E-state index in [4.69, 9.17) is 4.74 Å². The van der Waals surface area contributed by atoms with Gasteiger partial charge in [-0.1, -0.05) is 13.8 Å². The number of hydrogen-bond donors (Lipinski definition) is 1. The zero-order valence-electron chi connectivity index (χ0n) is 12.2. The van der Waals surface area contributed by atoms with Crippen LogP contribution in [0.4, 0.5) is 0 Å². The molecule has 1 heterocycles. The van der Waals surface area contributed by atoms with Crippen molar-refractivity contribution in [2.45, 2.75) is 39.8 Å². The lowest BCUT2D eigenvalue weighted by molar-refractivity contribution is -0.143. The third-order valence-electron chi connectivity index (χ3n) is 2.97. The summed E-state index contributed by atoms with van der Waals surface area (Å²) in [6.07, 6.45) is 0.751. The van der Waals surface area contributed by atoms with E-state index in [1.54, 1.807) is 0 Å². The Bertz CT molecular complexity index is 443. The smallest absolute Gasteiger partial charge is 0.322 e. The van der Waals surface area contributed by atoms with Crippen LogP contribution in [-0.2, 0) is 23.1 Å². The molecule has 0 spiro atoms. The van der Waals surface area contributed by atoms with Gasteiger partial charge in [0.1, 0.15) is 6.04 Å². The number of hydrogen-bond acceptors (Lipinski definition) is 4. The zero-order chi connectivity index (χ0) is 14.6. The van der Waals surface area contributed by atoms with Crippen LogP contribution in [0.1, 0.15) is 31.7 Å². The van der Waals surface area contributed by atoms with Gasteiger partial charge < -0.3 is 4.74 Å². The maximum absolute atomic E-state index is 11.7. The Hall–Kier alpha value is -0.880. The first-order valence-corrected chi connectivity index (χ1v) is 7.15. The minimum Gasteiger partial charge on any atom is -0.468 e. The van der Waals surface area contributed by atoms with Gasteiger partial charge in [0.05, 0.1) is 23.0 Å². The van der Waals surface area contributed by atoms with Gasteiger partial charge in [-0.15, -0.1) is 0 Å². The topological polar surface area (TPSA) is 56.1 Å². The molecule has 1 rings (SSSR count). The van der Waals surface area contributed by atoms with Gasteiger partial charge >= 0.3 is 5.97 Å². The van der Waals surface area contributed by atoms with Gasteiger partial charge in [-0.2, -0.15) is 5.10 Å². The summed E-state index contributed by atoms with van der Waals surface area (Å²) in [5.74, 6) is 0.206. The number of aryl methyl sites for hydroxylation is 2. The van der Waals surface area contributed by atoms with Crippen LogP contribution in [0.3, 0.4) is 0 Å². The largest absolute Gasteiger partial charge is 0.468 e. The third-order valence-corrected chi connectivity index (χ3v) is 4.00. The Labute approximate surface area is 122 Å². The van der Waals surface area contributed by atoms with E-state index in [2.05, 4.69) is 40.2 Å². The normalized spacial score (nSPS) is 12.8. The molecule has 6 heteroatoms. The molecule has 0 aliphatic rings. The highest BCUT2D eigenvalue weighted by Gasteiger charge is 2.21. The lowest BCUT2D eigenvalue weighted by Crippen LogP contribution is -2.38. The summed E-state index contributed by atoms with van der Waals surface area (Å²) in [6, 6.07) is -0.285. The van der Waals surface area contributed by atoms with Gasteiger partial charge in [0.25, 0.3) is 0 Å². The fraction of sp³-hybridized carbons (Fsp3) is 0.692. The Kier molecular flexibility index (Phi) is 6.00. The van der Waals surface area contributed by atoms with E-state index in [1.165, 1.54) is 7.11 Å². The van der Waals surface area contributed by atoms with Crippen LogP contribution >= 0.6 is 15.9 Å². The van der Waals surface area contributed by atoms with Crippen LogP contribution in [-0.4, -0.2) is 28.9 Å². The van der Waals surface area contributed by atoms with E-state index in [-0.39, 0.29) is 12.0 Å². The molecule has 1 aromatic rings. The van der Waals surface area contributed by atoms with Crippen LogP contribution < -0.4 is 5.32 Å². The molecule has 0 saturated heterocycles. The van der Waals surface area contributed by atoms with E-state index >= 15 is 0 Å². The van der Waals surface area contributed by atoms with Gasteiger partial charge in [-0.05, 0) is 35.2 Å². The number of nitrogens with zero attached hydrogens (tertiary/aromatic N) is 2. The Morgan fingerprint density at radius 3 is 2.58 bits per heavy atom. The fourth-order valence-corrected chi connectivity index (χ4v) is 2.44. The Morgan fingerprint density at radius 2 is 2.16 bits per heavy atom. The predicted molar refractivity (Wildman–Crippen MR) is 77.7 cm³/mol. The standard InChI is InChI=1S/C13H22BrN3O2/c1-8(2)6-10(13(18)19-5)15-7-11-12(14)9(3)16-17(11)4/h8,10,15H,6-7H2,1-5H3. The van der Waals surface area contributed by atoms with Crippen molar-refractivity contribution in [3.05, 3.63) is 15.9 Å². The first-order valence-electron chi connectivity index (χ1n) is 6.36. The van der Waals surface area contributed by atoms with E-state index < -0.39 is 0 Å². The molecule has 0 aliphatic heterocycles. The van der Waals surface area contributed by atoms with Crippen molar-refractivity contribution in [1.29, 1.82) is 0 Å². The van der Waals surface area contributed by atoms with Crippen molar-refractivity contribution in [2.24, 2.45) is 13.0 Å². The summed E-state index contributed by atoms with van der Waals surface area (Å²) in [4.78, 5) is 11.7. The summed E-state index contributed by atoms with van der Waals surface area (Å²) in [6.45, 7) is 6.69. The van der Waals surface area contributed by atoms with Crippen molar-refractivity contribution in [3.8, 4) is 0 Å². The minimum atomic E-state index is -0.285. The highest BCUT2D eigenvalue weighted by atomic mass is 79.9. The minimum absolute atomic E-state index is 0.219. The average Bonchev–Trinajstić information content (AvgIpc) is 2.58. The summed E-state index contributed by atoms with van der Waals surface area (Å²) >= 11 is 3.52. The number of aromatic nitrogens is 2. The molecule has 0 fully saturated rings. The first kappa shape index (κ1) is 16.2. The van der Waals surface area contributed by atoms with Crippen molar-refractivity contribution >= 4 is 21.9 Å². The molecule has 0 saturated carbocycles. The summed E-state index contributed by atoms with van der Waals surface area (Å²) in [7, 11) is 3.31. The van der Waals surface area contributed by atoms with Crippen LogP contribution in [0.15, 0.2) is 4.47 Å². The number of esters is 1. The summed E-state index contributed by atoms with van der Waals surface area (Å²) < 4.78 is 7.63. The van der Waals surface area contributed by atoms with Crippen molar-refractivity contribution in [3.63, 3.8) is 0 Å². The van der Waals surface area contributed by atoms with Crippen molar-refractivity contribution < 1.29 is 9.53 Å². The third kappa shape index (κ3) is 4.31. The number of ether oxygens (including phenoxy) is 1. The Morgan fingerprint density at radius 1 is 1.53 bits per heavy atom. The molecular weight excluding hydrogens is 310 g/mol. The molecule has 0 radical (unpaired) electrons. The lowest BCUT2D eigenvalue weighted by atomic mass is 10.0. The second kappa shape index (κ2) is 7.05. The quantitative estimate of drug-likeness (QED) is 0.811. The van der Waals surface area contributed by atoms with E-state index in [0.29, 0.717) is 12.5 Å². The van der Waals surface area contributed by atoms with Crippen LogP contribution in [0, 0.1) is 12.8 Å². The zero-order valence-corrected chi connectivity index (χ0v) is 13.7. The summed E-state index contributed by atoms with van der Waals surface area (Å²) in [5.41, 5.74) is 1.97. The monoisotopic (exact) mass is 331 g/mol. The van der Waals surface area contributed by atoms with Gasteiger partial charge in [0.15, 0.2) is 0 Å².